The molecule has 1 heterocycles. The van der Waals surface area contributed by atoms with Gasteiger partial charge in [0.2, 0.25) is 0 Å². The number of benzene rings is 1. The van der Waals surface area contributed by atoms with Crippen molar-refractivity contribution in [3.8, 4) is 17.0 Å². The smallest absolute Gasteiger partial charge is 0.152 e. The van der Waals surface area contributed by atoms with Gasteiger partial charge in [0.05, 0.1) is 0 Å². The van der Waals surface area contributed by atoms with E-state index in [-0.39, 0.29) is 5.75 Å². The van der Waals surface area contributed by atoms with Crippen LogP contribution in [0, 0.1) is 5.92 Å². The van der Waals surface area contributed by atoms with Gasteiger partial charge in [-0.1, -0.05) is 12.1 Å². The Kier molecular flexibility index (Phi) is 2.84. The number of aromatic hydroxyl groups is 1. The molecule has 0 amide bonds. The number of hydrogen-bond donors (Lipinski definition) is 2. The number of aromatic nitrogens is 2. The van der Waals surface area contributed by atoms with E-state index in [4.69, 9.17) is 0 Å². The van der Waals surface area contributed by atoms with Gasteiger partial charge >= 0.3 is 0 Å². The maximum absolute atomic E-state index is 9.52. The van der Waals surface area contributed by atoms with Crippen molar-refractivity contribution in [1.82, 2.24) is 9.97 Å². The monoisotopic (exact) mass is 241 g/mol. The van der Waals surface area contributed by atoms with Crippen molar-refractivity contribution in [1.29, 1.82) is 0 Å². The summed E-state index contributed by atoms with van der Waals surface area (Å²) < 4.78 is 0. The molecule has 0 radical (unpaired) electrons. The highest BCUT2D eigenvalue weighted by molar-refractivity contribution is 5.71. The molecule has 1 aliphatic rings. The summed E-state index contributed by atoms with van der Waals surface area (Å²) in [4.78, 5) is 8.68. The summed E-state index contributed by atoms with van der Waals surface area (Å²) >= 11 is 0. The molecular formula is C14H15N3O. The fraction of sp³-hybridized carbons (Fsp3) is 0.286. The zero-order chi connectivity index (χ0) is 12.4. The van der Waals surface area contributed by atoms with Crippen LogP contribution >= 0.6 is 0 Å². The van der Waals surface area contributed by atoms with E-state index < -0.39 is 0 Å². The highest BCUT2D eigenvalue weighted by atomic mass is 16.3. The third-order valence-corrected chi connectivity index (χ3v) is 3.07. The Morgan fingerprint density at radius 1 is 1.22 bits per heavy atom. The second-order valence-electron chi connectivity index (χ2n) is 4.63. The molecule has 0 bridgehead atoms. The molecule has 3 rings (SSSR count). The maximum atomic E-state index is 9.52. The molecule has 1 fully saturated rings. The van der Waals surface area contributed by atoms with Gasteiger partial charge in [0.25, 0.3) is 0 Å². The minimum atomic E-state index is 0.242. The molecule has 4 nitrogen and oxygen atoms in total. The molecule has 0 spiro atoms. The van der Waals surface area contributed by atoms with Crippen LogP contribution in [0.2, 0.25) is 0 Å². The fourth-order valence-corrected chi connectivity index (χ4v) is 1.89. The van der Waals surface area contributed by atoms with Crippen LogP contribution in [-0.2, 0) is 0 Å². The Morgan fingerprint density at radius 3 is 2.83 bits per heavy atom. The summed E-state index contributed by atoms with van der Waals surface area (Å²) in [5.74, 6) is 1.81. The van der Waals surface area contributed by atoms with Crippen molar-refractivity contribution in [2.75, 3.05) is 11.9 Å². The van der Waals surface area contributed by atoms with Gasteiger partial charge in [-0.15, -0.1) is 0 Å². The Labute approximate surface area is 106 Å². The van der Waals surface area contributed by atoms with E-state index in [2.05, 4.69) is 15.3 Å². The first kappa shape index (κ1) is 11.0. The summed E-state index contributed by atoms with van der Waals surface area (Å²) in [7, 11) is 0. The average Bonchev–Trinajstić information content (AvgIpc) is 3.21. The van der Waals surface area contributed by atoms with Crippen molar-refractivity contribution in [2.24, 2.45) is 5.92 Å². The van der Waals surface area contributed by atoms with Crippen LogP contribution in [0.3, 0.4) is 0 Å². The van der Waals surface area contributed by atoms with E-state index in [9.17, 15) is 5.11 Å². The Morgan fingerprint density at radius 2 is 2.06 bits per heavy atom. The second kappa shape index (κ2) is 4.64. The van der Waals surface area contributed by atoms with Crippen LogP contribution in [0.25, 0.3) is 11.3 Å². The van der Waals surface area contributed by atoms with E-state index in [0.29, 0.717) is 0 Å². The topological polar surface area (TPSA) is 58.0 Å². The van der Waals surface area contributed by atoms with Crippen molar-refractivity contribution < 1.29 is 5.11 Å². The van der Waals surface area contributed by atoms with Gasteiger partial charge < -0.3 is 10.4 Å². The molecule has 18 heavy (non-hydrogen) atoms. The molecule has 92 valence electrons. The van der Waals surface area contributed by atoms with Crippen LogP contribution < -0.4 is 5.32 Å². The summed E-state index contributed by atoms with van der Waals surface area (Å²) in [6.45, 7) is 0.949. The van der Waals surface area contributed by atoms with Crippen LogP contribution in [0.4, 0.5) is 5.82 Å². The fourth-order valence-electron chi connectivity index (χ4n) is 1.89. The van der Waals surface area contributed by atoms with Crippen molar-refractivity contribution in [2.45, 2.75) is 12.8 Å². The lowest BCUT2D eigenvalue weighted by Gasteiger charge is -2.09. The van der Waals surface area contributed by atoms with E-state index in [0.717, 1.165) is 29.5 Å². The maximum Gasteiger partial charge on any atom is 0.152 e. The Hall–Kier alpha value is -2.10. The number of nitrogens with one attached hydrogen (secondary N) is 1. The van der Waals surface area contributed by atoms with Crippen LogP contribution in [0.1, 0.15) is 12.8 Å². The lowest BCUT2D eigenvalue weighted by molar-refractivity contribution is 0.475. The predicted octanol–water partition coefficient (Wildman–Crippen LogP) is 2.67. The number of rotatable bonds is 4. The van der Waals surface area contributed by atoms with Crippen molar-refractivity contribution in [3.63, 3.8) is 0 Å². The normalized spacial score (nSPS) is 14.4. The number of anilines is 1. The van der Waals surface area contributed by atoms with Crippen LogP contribution in [0.15, 0.2) is 36.7 Å². The van der Waals surface area contributed by atoms with Crippen LogP contribution in [0.5, 0.6) is 5.75 Å². The number of hydrogen-bond acceptors (Lipinski definition) is 4. The first-order valence-corrected chi connectivity index (χ1v) is 6.17. The molecule has 0 atom stereocenters. The summed E-state index contributed by atoms with van der Waals surface area (Å²) in [6, 6.07) is 7.08. The molecule has 0 aliphatic heterocycles. The van der Waals surface area contributed by atoms with E-state index >= 15 is 0 Å². The Bertz CT molecular complexity index is 552. The minimum Gasteiger partial charge on any atom is -0.508 e. The quantitative estimate of drug-likeness (QED) is 0.864. The van der Waals surface area contributed by atoms with E-state index in [1.807, 2.05) is 12.1 Å². The lowest BCUT2D eigenvalue weighted by atomic mass is 10.1. The van der Waals surface area contributed by atoms with Gasteiger partial charge in [-0.3, -0.25) is 4.98 Å². The van der Waals surface area contributed by atoms with Crippen molar-refractivity contribution in [3.05, 3.63) is 36.7 Å². The molecule has 0 saturated heterocycles. The number of phenols is 1. The molecule has 4 heteroatoms. The van der Waals surface area contributed by atoms with Crippen molar-refractivity contribution >= 4 is 5.82 Å². The second-order valence-corrected chi connectivity index (χ2v) is 4.63. The lowest BCUT2D eigenvalue weighted by Crippen LogP contribution is -2.07. The molecule has 0 unspecified atom stereocenters. The van der Waals surface area contributed by atoms with Gasteiger partial charge in [-0.2, -0.15) is 0 Å². The summed E-state index contributed by atoms with van der Waals surface area (Å²) in [5.41, 5.74) is 1.66. The third kappa shape index (κ3) is 2.42. The highest BCUT2D eigenvalue weighted by Gasteiger charge is 2.21. The van der Waals surface area contributed by atoms with Gasteiger partial charge in [-0.25, -0.2) is 4.98 Å². The first-order valence-electron chi connectivity index (χ1n) is 6.17. The largest absolute Gasteiger partial charge is 0.508 e. The van der Waals surface area contributed by atoms with Gasteiger partial charge in [0.1, 0.15) is 11.4 Å². The zero-order valence-corrected chi connectivity index (χ0v) is 10.0. The molecular weight excluding hydrogens is 226 g/mol. The van der Waals surface area contributed by atoms with E-state index in [1.54, 1.807) is 24.5 Å². The molecule has 1 aliphatic carbocycles. The van der Waals surface area contributed by atoms with Crippen LogP contribution in [-0.4, -0.2) is 21.6 Å². The summed E-state index contributed by atoms with van der Waals surface area (Å²) in [5, 5.41) is 12.9. The van der Waals surface area contributed by atoms with Gasteiger partial charge in [-0.05, 0) is 30.9 Å². The SMILES string of the molecule is Oc1cccc(-c2nccnc2NCC2CC2)c1. The average molecular weight is 241 g/mol. The zero-order valence-electron chi connectivity index (χ0n) is 10.0. The molecule has 2 aromatic rings. The summed E-state index contributed by atoms with van der Waals surface area (Å²) in [6.07, 6.45) is 5.95. The molecule has 1 aromatic heterocycles. The van der Waals surface area contributed by atoms with Gasteiger partial charge in [0, 0.05) is 24.5 Å². The molecule has 2 N–H and O–H groups in total. The number of phenolic OH excluding ortho intramolecular Hbond substituents is 1. The van der Waals surface area contributed by atoms with Gasteiger partial charge in [0.15, 0.2) is 5.82 Å². The standard InChI is InChI=1S/C14H15N3O/c18-12-3-1-2-11(8-12)13-14(16-7-6-15-13)17-9-10-4-5-10/h1-3,6-8,10,18H,4-5,9H2,(H,16,17). The minimum absolute atomic E-state index is 0.242. The molecule has 1 aromatic carbocycles. The predicted molar refractivity (Wildman–Crippen MR) is 70.3 cm³/mol. The first-order chi connectivity index (χ1) is 8.83. The Balaban J connectivity index is 1.89. The highest BCUT2D eigenvalue weighted by Crippen LogP contribution is 2.31. The van der Waals surface area contributed by atoms with E-state index in [1.165, 1.54) is 12.8 Å². The molecule has 1 saturated carbocycles. The number of nitrogens with zero attached hydrogens (tertiary/aromatic N) is 2. The third-order valence-electron chi connectivity index (χ3n) is 3.07.